The van der Waals surface area contributed by atoms with Gasteiger partial charge in [-0.05, 0) is 89.4 Å². The minimum absolute atomic E-state index is 0.0202. The van der Waals surface area contributed by atoms with E-state index in [1.807, 2.05) is 25.7 Å². The highest BCUT2D eigenvalue weighted by molar-refractivity contribution is 7.89. The van der Waals surface area contributed by atoms with Gasteiger partial charge in [0, 0.05) is 43.9 Å². The van der Waals surface area contributed by atoms with Gasteiger partial charge in [0.25, 0.3) is 0 Å². The van der Waals surface area contributed by atoms with Crippen LogP contribution in [0.2, 0.25) is 0 Å². The average molecular weight is 669 g/mol. The van der Waals surface area contributed by atoms with Crippen molar-refractivity contribution >= 4 is 21.8 Å². The number of sulfonamides is 1. The summed E-state index contributed by atoms with van der Waals surface area (Å²) in [5.74, 6) is 5.55. The van der Waals surface area contributed by atoms with E-state index in [1.54, 1.807) is 11.9 Å². The molecule has 2 rings (SSSR count). The number of nitrogens with one attached hydrogen (secondary N) is 2. The molecule has 10 nitrogen and oxygen atoms in total. The van der Waals surface area contributed by atoms with Crippen molar-refractivity contribution in [1.82, 2.24) is 20.1 Å². The molecule has 0 aliphatic heterocycles. The Morgan fingerprint density at radius 3 is 2.13 bits per heavy atom. The van der Waals surface area contributed by atoms with Crippen LogP contribution in [0.4, 0.5) is 0 Å². The summed E-state index contributed by atoms with van der Waals surface area (Å²) >= 11 is 0. The van der Waals surface area contributed by atoms with Gasteiger partial charge in [-0.3, -0.25) is 9.59 Å². The fourth-order valence-electron chi connectivity index (χ4n) is 7.09. The fraction of sp³-hybridized carbons (Fsp3) is 0.886. The number of rotatable bonds is 19. The summed E-state index contributed by atoms with van der Waals surface area (Å²) in [5.41, 5.74) is 0. The second-order valence-electron chi connectivity index (χ2n) is 14.2. The van der Waals surface area contributed by atoms with Gasteiger partial charge in [0.05, 0.1) is 24.0 Å². The maximum absolute atomic E-state index is 14.0. The zero-order valence-electron chi connectivity index (χ0n) is 29.5. The first-order valence-corrected chi connectivity index (χ1v) is 19.6. The molecule has 11 heteroatoms. The average Bonchev–Trinajstić information content (AvgIpc) is 2.99. The van der Waals surface area contributed by atoms with E-state index < -0.39 is 28.1 Å². The highest BCUT2D eigenvalue weighted by atomic mass is 32.2. The zero-order valence-corrected chi connectivity index (χ0v) is 30.3. The Morgan fingerprint density at radius 2 is 1.57 bits per heavy atom. The molecule has 0 aromatic heterocycles. The summed E-state index contributed by atoms with van der Waals surface area (Å²) in [6, 6.07) is -0.602. The van der Waals surface area contributed by atoms with Crippen molar-refractivity contribution in [2.24, 2.45) is 29.6 Å². The standard InChI is InChI=1S/C35H64N4O6S/c1-7-11-19-39(37-46(44,45)25-26(5)6)24-33(41)32(22-27-13-15-31(40)16-14-27)36-34(42)29-20-28(12-8-2)21-30(23-29)35(43)38(17-9-3)18-10-4/h26-33,37,40-41H,7,9-11,13-25H2,1-6H3,(H,36,42). The lowest BCUT2D eigenvalue weighted by atomic mass is 9.74. The van der Waals surface area contributed by atoms with Crippen molar-refractivity contribution in [2.45, 2.75) is 137 Å². The summed E-state index contributed by atoms with van der Waals surface area (Å²) in [5, 5.41) is 26.5. The van der Waals surface area contributed by atoms with Crippen molar-refractivity contribution < 1.29 is 28.2 Å². The normalized spacial score (nSPS) is 25.0. The number of hydrazine groups is 1. The van der Waals surface area contributed by atoms with E-state index in [-0.39, 0.29) is 53.9 Å². The minimum atomic E-state index is -3.60. The predicted octanol–water partition coefficient (Wildman–Crippen LogP) is 4.07. The molecule has 4 N–H and O–H groups in total. The second-order valence-corrected chi connectivity index (χ2v) is 15.9. The zero-order chi connectivity index (χ0) is 34.3. The van der Waals surface area contributed by atoms with Crippen LogP contribution in [-0.4, -0.2) is 90.5 Å². The molecule has 0 radical (unpaired) electrons. The van der Waals surface area contributed by atoms with Crippen LogP contribution in [0.3, 0.4) is 0 Å². The Morgan fingerprint density at radius 1 is 0.935 bits per heavy atom. The molecule has 266 valence electrons. The fourth-order valence-corrected chi connectivity index (χ4v) is 8.60. The quantitative estimate of drug-likeness (QED) is 0.120. The topological polar surface area (TPSA) is 139 Å². The monoisotopic (exact) mass is 668 g/mol. The van der Waals surface area contributed by atoms with Crippen molar-refractivity contribution in [2.75, 3.05) is 31.9 Å². The maximum atomic E-state index is 14.0. The lowest BCUT2D eigenvalue weighted by molar-refractivity contribution is -0.139. The lowest BCUT2D eigenvalue weighted by Gasteiger charge is -2.37. The molecule has 0 aromatic rings. The van der Waals surface area contributed by atoms with E-state index in [0.29, 0.717) is 58.2 Å². The Balaban J connectivity index is 2.28. The lowest BCUT2D eigenvalue weighted by Crippen LogP contribution is -2.55. The third-order valence-electron chi connectivity index (χ3n) is 9.28. The number of nitrogens with zero attached hydrogens (tertiary/aromatic N) is 2. The second kappa shape index (κ2) is 20.6. The van der Waals surface area contributed by atoms with E-state index in [0.717, 1.165) is 38.5 Å². The SMILES string of the molecule is CC#CC1CC(C(=O)NC(CC2CCC(O)CC2)C(O)CN(CCCC)NS(=O)(=O)CC(C)C)CC(C(=O)N(CCC)CCC)C1. The molecule has 0 heterocycles. The smallest absolute Gasteiger partial charge is 0.225 e. The molecule has 0 saturated heterocycles. The van der Waals surface area contributed by atoms with Gasteiger partial charge < -0.3 is 20.4 Å². The number of carbonyl (C=O) groups is 2. The molecule has 2 amide bonds. The molecule has 2 aliphatic rings. The van der Waals surface area contributed by atoms with Gasteiger partial charge in [-0.1, -0.05) is 41.0 Å². The van der Waals surface area contributed by atoms with Crippen LogP contribution in [0, 0.1) is 41.4 Å². The number of hydrogen-bond acceptors (Lipinski definition) is 7. The maximum Gasteiger partial charge on any atom is 0.225 e. The highest BCUT2D eigenvalue weighted by Gasteiger charge is 2.39. The van der Waals surface area contributed by atoms with Gasteiger partial charge in [0.15, 0.2) is 0 Å². The van der Waals surface area contributed by atoms with Crippen molar-refractivity contribution in [3.63, 3.8) is 0 Å². The molecular weight excluding hydrogens is 604 g/mol. The highest BCUT2D eigenvalue weighted by Crippen LogP contribution is 2.35. The summed E-state index contributed by atoms with van der Waals surface area (Å²) in [6.07, 6.45) is 7.21. The Hall–Kier alpha value is -1.71. The molecular formula is C35H64N4O6S. The Kier molecular flexibility index (Phi) is 18.1. The first-order chi connectivity index (χ1) is 21.8. The molecule has 0 spiro atoms. The van der Waals surface area contributed by atoms with E-state index in [2.05, 4.69) is 35.8 Å². The molecule has 0 aromatic carbocycles. The van der Waals surface area contributed by atoms with Crippen LogP contribution in [0.1, 0.15) is 119 Å². The van der Waals surface area contributed by atoms with E-state index in [9.17, 15) is 28.2 Å². The van der Waals surface area contributed by atoms with Gasteiger partial charge in [-0.25, -0.2) is 13.4 Å². The Labute approximate surface area is 279 Å². The summed E-state index contributed by atoms with van der Waals surface area (Å²) in [6.45, 7) is 13.5. The largest absolute Gasteiger partial charge is 0.393 e. The molecule has 46 heavy (non-hydrogen) atoms. The van der Waals surface area contributed by atoms with Crippen LogP contribution < -0.4 is 10.1 Å². The molecule has 0 bridgehead atoms. The van der Waals surface area contributed by atoms with E-state index in [1.165, 1.54) is 0 Å². The van der Waals surface area contributed by atoms with Gasteiger partial charge >= 0.3 is 0 Å². The molecule has 2 fully saturated rings. The predicted molar refractivity (Wildman–Crippen MR) is 184 cm³/mol. The van der Waals surface area contributed by atoms with Crippen LogP contribution in [0.25, 0.3) is 0 Å². The Bertz CT molecular complexity index is 1080. The molecule has 2 aliphatic carbocycles. The van der Waals surface area contributed by atoms with Crippen LogP contribution >= 0.6 is 0 Å². The minimum Gasteiger partial charge on any atom is -0.393 e. The van der Waals surface area contributed by atoms with Crippen LogP contribution in [-0.2, 0) is 19.6 Å². The summed E-state index contributed by atoms with van der Waals surface area (Å²) < 4.78 is 25.7. The van der Waals surface area contributed by atoms with Crippen molar-refractivity contribution in [3.05, 3.63) is 0 Å². The summed E-state index contributed by atoms with van der Waals surface area (Å²) in [4.78, 5) is 32.2. The number of aliphatic hydroxyl groups excluding tert-OH is 2. The van der Waals surface area contributed by atoms with E-state index in [4.69, 9.17) is 0 Å². The number of hydrogen-bond donors (Lipinski definition) is 4. The third-order valence-corrected chi connectivity index (χ3v) is 10.9. The van der Waals surface area contributed by atoms with Crippen LogP contribution in [0.15, 0.2) is 0 Å². The van der Waals surface area contributed by atoms with Gasteiger partial charge in [0.1, 0.15) is 0 Å². The van der Waals surface area contributed by atoms with Crippen LogP contribution in [0.5, 0.6) is 0 Å². The van der Waals surface area contributed by atoms with Crippen molar-refractivity contribution in [3.8, 4) is 11.8 Å². The molecule has 5 unspecified atom stereocenters. The first-order valence-electron chi connectivity index (χ1n) is 17.9. The first kappa shape index (κ1) is 40.5. The third kappa shape index (κ3) is 14.2. The van der Waals surface area contributed by atoms with Crippen molar-refractivity contribution in [1.29, 1.82) is 0 Å². The van der Waals surface area contributed by atoms with Gasteiger partial charge in [0.2, 0.25) is 21.8 Å². The van der Waals surface area contributed by atoms with E-state index >= 15 is 0 Å². The van der Waals surface area contributed by atoms with Gasteiger partial charge in [-0.15, -0.1) is 16.7 Å². The number of aliphatic hydroxyl groups is 2. The number of unbranched alkanes of at least 4 members (excludes halogenated alkanes) is 1. The molecule has 5 atom stereocenters. The molecule has 2 saturated carbocycles. The van der Waals surface area contributed by atoms with Gasteiger partial charge in [-0.2, -0.15) is 0 Å². The number of carbonyl (C=O) groups excluding carboxylic acids is 2. The summed E-state index contributed by atoms with van der Waals surface area (Å²) in [7, 11) is -3.60. The number of amides is 2.